The smallest absolute Gasteiger partial charge is 0.271 e. The molecule has 120 valence electrons. The van der Waals surface area contributed by atoms with Gasteiger partial charge in [-0.2, -0.15) is 0 Å². The molecule has 2 aromatic heterocycles. The number of thiazole rings is 1. The lowest BCUT2D eigenvalue weighted by Gasteiger charge is -2.25. The molecular weight excluding hydrogens is 388 g/mol. The average Bonchev–Trinajstić information content (AvgIpc) is 2.91. The van der Waals surface area contributed by atoms with E-state index in [-0.39, 0.29) is 5.56 Å². The third-order valence-electron chi connectivity index (χ3n) is 3.73. The highest BCUT2D eigenvalue weighted by atomic mass is 79.9. The molecular formula is C17H13BrN4OS. The lowest BCUT2D eigenvalue weighted by atomic mass is 10.3. The molecule has 0 saturated heterocycles. The first-order valence-corrected chi connectivity index (χ1v) is 8.98. The van der Waals surface area contributed by atoms with E-state index < -0.39 is 0 Å². The summed E-state index contributed by atoms with van der Waals surface area (Å²) in [5.74, 6) is 0. The van der Waals surface area contributed by atoms with Crippen LogP contribution < -0.4 is 19.8 Å². The highest BCUT2D eigenvalue weighted by molar-refractivity contribution is 9.10. The SMILES string of the molecule is O=c1c(=Cc2cccnc2)sc2n1CN(c1cccc(Br)c1)CN=2. The fourth-order valence-electron chi connectivity index (χ4n) is 2.56. The molecule has 5 nitrogen and oxygen atoms in total. The maximum Gasteiger partial charge on any atom is 0.271 e. The number of pyridine rings is 1. The van der Waals surface area contributed by atoms with Crippen molar-refractivity contribution in [3.8, 4) is 0 Å². The van der Waals surface area contributed by atoms with Crippen LogP contribution in [-0.4, -0.2) is 16.2 Å². The normalized spacial score (nSPS) is 14.4. The summed E-state index contributed by atoms with van der Waals surface area (Å²) in [6, 6.07) is 11.8. The molecule has 1 aromatic carbocycles. The second-order valence-corrected chi connectivity index (χ2v) is 7.30. The van der Waals surface area contributed by atoms with Crippen molar-refractivity contribution in [3.63, 3.8) is 0 Å². The van der Waals surface area contributed by atoms with E-state index in [1.54, 1.807) is 17.0 Å². The molecule has 0 spiro atoms. The van der Waals surface area contributed by atoms with Crippen LogP contribution in [0.2, 0.25) is 0 Å². The van der Waals surface area contributed by atoms with E-state index in [1.807, 2.05) is 42.5 Å². The van der Waals surface area contributed by atoms with Gasteiger partial charge in [-0.1, -0.05) is 39.4 Å². The molecule has 0 saturated carbocycles. The second-order valence-electron chi connectivity index (χ2n) is 5.37. The Morgan fingerprint density at radius 3 is 2.96 bits per heavy atom. The Balaban J connectivity index is 1.73. The Labute approximate surface area is 150 Å². The lowest BCUT2D eigenvalue weighted by molar-refractivity contribution is 0.569. The van der Waals surface area contributed by atoms with Gasteiger partial charge < -0.3 is 4.90 Å². The number of fused-ring (bicyclic) bond motifs is 1. The van der Waals surface area contributed by atoms with Gasteiger partial charge in [-0.25, -0.2) is 4.99 Å². The minimum atomic E-state index is -0.0118. The molecule has 0 N–H and O–H groups in total. The van der Waals surface area contributed by atoms with Crippen molar-refractivity contribution in [3.05, 3.63) is 78.5 Å². The van der Waals surface area contributed by atoms with Gasteiger partial charge in [0.25, 0.3) is 5.56 Å². The second kappa shape index (κ2) is 6.33. The zero-order chi connectivity index (χ0) is 16.5. The maximum absolute atomic E-state index is 12.7. The fourth-order valence-corrected chi connectivity index (χ4v) is 3.91. The van der Waals surface area contributed by atoms with E-state index in [1.165, 1.54) is 11.3 Å². The first kappa shape index (κ1) is 15.3. The van der Waals surface area contributed by atoms with Crippen LogP contribution in [0.5, 0.6) is 0 Å². The lowest BCUT2D eigenvalue weighted by Crippen LogP contribution is -2.42. The summed E-state index contributed by atoms with van der Waals surface area (Å²) in [6.45, 7) is 1.05. The molecule has 0 amide bonds. The molecule has 24 heavy (non-hydrogen) atoms. The van der Waals surface area contributed by atoms with Crippen LogP contribution in [0.15, 0.2) is 63.1 Å². The number of halogens is 1. The van der Waals surface area contributed by atoms with Gasteiger partial charge in [0.1, 0.15) is 13.3 Å². The molecule has 4 rings (SSSR count). The summed E-state index contributed by atoms with van der Waals surface area (Å²) >= 11 is 4.90. The number of aromatic nitrogens is 2. The van der Waals surface area contributed by atoms with Crippen molar-refractivity contribution < 1.29 is 0 Å². The number of hydrogen-bond donors (Lipinski definition) is 0. The van der Waals surface area contributed by atoms with E-state index >= 15 is 0 Å². The van der Waals surface area contributed by atoms with Gasteiger partial charge in [-0.05, 0) is 35.9 Å². The monoisotopic (exact) mass is 400 g/mol. The first-order valence-electron chi connectivity index (χ1n) is 7.37. The van der Waals surface area contributed by atoms with E-state index in [2.05, 4.69) is 30.8 Å². The molecule has 0 atom stereocenters. The number of nitrogens with zero attached hydrogens (tertiary/aromatic N) is 4. The molecule has 0 unspecified atom stereocenters. The summed E-state index contributed by atoms with van der Waals surface area (Å²) in [7, 11) is 0. The van der Waals surface area contributed by atoms with Gasteiger partial charge in [-0.15, -0.1) is 0 Å². The van der Waals surface area contributed by atoms with E-state index in [0.29, 0.717) is 17.9 Å². The highest BCUT2D eigenvalue weighted by Gasteiger charge is 2.16. The van der Waals surface area contributed by atoms with E-state index in [9.17, 15) is 4.79 Å². The largest absolute Gasteiger partial charge is 0.334 e. The molecule has 3 aromatic rings. The molecule has 0 bridgehead atoms. The van der Waals surface area contributed by atoms with Crippen molar-refractivity contribution in [2.45, 2.75) is 6.67 Å². The van der Waals surface area contributed by atoms with Crippen molar-refractivity contribution in [2.75, 3.05) is 11.6 Å². The standard InChI is InChI=1S/C17H13BrN4OS/c18-13-4-1-5-14(8-13)21-10-20-17-22(11-21)16(23)15(24-17)7-12-3-2-6-19-9-12/h1-9H,10-11H2. The Morgan fingerprint density at radius 1 is 1.25 bits per heavy atom. The van der Waals surface area contributed by atoms with Crippen molar-refractivity contribution in [1.82, 2.24) is 9.55 Å². The van der Waals surface area contributed by atoms with Gasteiger partial charge in [0, 0.05) is 22.6 Å². The maximum atomic E-state index is 12.7. The van der Waals surface area contributed by atoms with Gasteiger partial charge in [0.2, 0.25) is 0 Å². The first-order chi connectivity index (χ1) is 11.7. The summed E-state index contributed by atoms with van der Waals surface area (Å²) in [6.07, 6.45) is 5.33. The van der Waals surface area contributed by atoms with Gasteiger partial charge in [-0.3, -0.25) is 14.3 Å². The van der Waals surface area contributed by atoms with Crippen LogP contribution in [0, 0.1) is 0 Å². The molecule has 0 fully saturated rings. The molecule has 0 radical (unpaired) electrons. The van der Waals surface area contributed by atoms with Crippen LogP contribution in [0.4, 0.5) is 5.69 Å². The number of benzene rings is 1. The Hall–Kier alpha value is -2.25. The van der Waals surface area contributed by atoms with Crippen LogP contribution in [-0.2, 0) is 6.67 Å². The summed E-state index contributed by atoms with van der Waals surface area (Å²) in [4.78, 5) is 24.2. The topological polar surface area (TPSA) is 50.5 Å². The Bertz CT molecular complexity index is 1060. The van der Waals surface area contributed by atoms with E-state index in [0.717, 1.165) is 20.5 Å². The Kier molecular flexibility index (Phi) is 4.03. The summed E-state index contributed by atoms with van der Waals surface area (Å²) in [5.41, 5.74) is 1.94. The summed E-state index contributed by atoms with van der Waals surface area (Å²) < 4.78 is 3.41. The predicted molar refractivity (Wildman–Crippen MR) is 98.7 cm³/mol. The summed E-state index contributed by atoms with van der Waals surface area (Å²) in [5, 5.41) is 0. The van der Waals surface area contributed by atoms with Crippen molar-refractivity contribution in [2.24, 2.45) is 4.99 Å². The van der Waals surface area contributed by atoms with Crippen LogP contribution in [0.1, 0.15) is 5.56 Å². The molecule has 7 heteroatoms. The third kappa shape index (κ3) is 2.92. The molecule has 1 aliphatic rings. The minimum absolute atomic E-state index is 0.0118. The van der Waals surface area contributed by atoms with Crippen LogP contribution >= 0.6 is 27.3 Å². The zero-order valence-corrected chi connectivity index (χ0v) is 15.0. The zero-order valence-electron chi connectivity index (χ0n) is 12.6. The highest BCUT2D eigenvalue weighted by Crippen LogP contribution is 2.20. The van der Waals surface area contributed by atoms with Gasteiger partial charge >= 0.3 is 0 Å². The van der Waals surface area contributed by atoms with Gasteiger partial charge in [0.15, 0.2) is 4.80 Å². The Morgan fingerprint density at radius 2 is 2.17 bits per heavy atom. The van der Waals surface area contributed by atoms with Crippen molar-refractivity contribution >= 4 is 39.0 Å². The van der Waals surface area contributed by atoms with Crippen LogP contribution in [0.3, 0.4) is 0 Å². The average molecular weight is 401 g/mol. The molecule has 3 heterocycles. The number of anilines is 1. The molecule has 0 aliphatic carbocycles. The quantitative estimate of drug-likeness (QED) is 0.660. The molecule has 1 aliphatic heterocycles. The van der Waals surface area contributed by atoms with Crippen molar-refractivity contribution in [1.29, 1.82) is 0 Å². The number of rotatable bonds is 2. The van der Waals surface area contributed by atoms with Crippen LogP contribution in [0.25, 0.3) is 6.08 Å². The predicted octanol–water partition coefficient (Wildman–Crippen LogP) is 1.95. The third-order valence-corrected chi connectivity index (χ3v) is 5.27. The minimum Gasteiger partial charge on any atom is -0.334 e. The van der Waals surface area contributed by atoms with E-state index in [4.69, 9.17) is 0 Å². The van der Waals surface area contributed by atoms with Gasteiger partial charge in [0.05, 0.1) is 4.53 Å². The number of hydrogen-bond acceptors (Lipinski definition) is 5. The fraction of sp³-hybridized carbons (Fsp3) is 0.118.